The van der Waals surface area contributed by atoms with Gasteiger partial charge in [0.1, 0.15) is 0 Å². The second kappa shape index (κ2) is 9.13. The van der Waals surface area contributed by atoms with Crippen molar-refractivity contribution >= 4 is 17.9 Å². The average Bonchev–Trinajstić information content (AvgIpc) is 2.45. The standard InChI is InChI=1S/C13H20O6/c1-5-6-7-9(11(14)17-2)8-10(12(15)18-3)13(16)19-4/h7,10H,5-6,8H2,1-4H3/b9-7-. The van der Waals surface area contributed by atoms with Crippen LogP contribution >= 0.6 is 0 Å². The van der Waals surface area contributed by atoms with E-state index in [1.165, 1.54) is 21.3 Å². The Morgan fingerprint density at radius 3 is 1.89 bits per heavy atom. The predicted molar refractivity (Wildman–Crippen MR) is 67.1 cm³/mol. The molecule has 0 aromatic heterocycles. The molecule has 0 aliphatic rings. The van der Waals surface area contributed by atoms with Gasteiger partial charge in [-0.2, -0.15) is 0 Å². The van der Waals surface area contributed by atoms with Crippen LogP contribution in [-0.2, 0) is 28.6 Å². The summed E-state index contributed by atoms with van der Waals surface area (Å²) in [6.45, 7) is 1.95. The molecule has 0 aromatic rings. The van der Waals surface area contributed by atoms with Crippen molar-refractivity contribution in [1.29, 1.82) is 0 Å². The van der Waals surface area contributed by atoms with Gasteiger partial charge in [-0.15, -0.1) is 0 Å². The molecule has 6 nitrogen and oxygen atoms in total. The van der Waals surface area contributed by atoms with Crippen LogP contribution in [0.25, 0.3) is 0 Å². The molecule has 0 heterocycles. The van der Waals surface area contributed by atoms with Gasteiger partial charge in [0, 0.05) is 12.0 Å². The van der Waals surface area contributed by atoms with Crippen LogP contribution in [0.5, 0.6) is 0 Å². The van der Waals surface area contributed by atoms with E-state index in [0.29, 0.717) is 6.42 Å². The van der Waals surface area contributed by atoms with Crippen molar-refractivity contribution in [3.63, 3.8) is 0 Å². The highest BCUT2D eigenvalue weighted by molar-refractivity contribution is 5.97. The van der Waals surface area contributed by atoms with Gasteiger partial charge in [0.05, 0.1) is 21.3 Å². The monoisotopic (exact) mass is 272 g/mol. The van der Waals surface area contributed by atoms with Crippen molar-refractivity contribution in [2.24, 2.45) is 5.92 Å². The van der Waals surface area contributed by atoms with Gasteiger partial charge in [0.15, 0.2) is 5.92 Å². The molecule has 0 radical (unpaired) electrons. The summed E-state index contributed by atoms with van der Waals surface area (Å²) in [7, 11) is 3.59. The Morgan fingerprint density at radius 2 is 1.53 bits per heavy atom. The Balaban J connectivity index is 5.08. The summed E-state index contributed by atoms with van der Waals surface area (Å²) >= 11 is 0. The number of methoxy groups -OCH3 is 3. The lowest BCUT2D eigenvalue weighted by Crippen LogP contribution is -2.28. The van der Waals surface area contributed by atoms with Crippen LogP contribution in [0, 0.1) is 5.92 Å². The molecule has 0 aliphatic carbocycles. The summed E-state index contributed by atoms with van der Waals surface area (Å²) in [5.74, 6) is -3.19. The van der Waals surface area contributed by atoms with E-state index in [4.69, 9.17) is 0 Å². The largest absolute Gasteiger partial charge is 0.468 e. The summed E-state index contributed by atoms with van der Waals surface area (Å²) in [5, 5.41) is 0. The zero-order chi connectivity index (χ0) is 14.8. The molecule has 0 rings (SSSR count). The number of allylic oxidation sites excluding steroid dienone is 1. The molecule has 0 amide bonds. The summed E-state index contributed by atoms with van der Waals surface area (Å²) in [5.41, 5.74) is 0.269. The molecule has 0 atom stereocenters. The number of esters is 3. The lowest BCUT2D eigenvalue weighted by atomic mass is 9.98. The maximum absolute atomic E-state index is 11.6. The first kappa shape index (κ1) is 17.2. The molecule has 0 bridgehead atoms. The van der Waals surface area contributed by atoms with Crippen LogP contribution in [0.4, 0.5) is 0 Å². The molecule has 0 saturated heterocycles. The highest BCUT2D eigenvalue weighted by atomic mass is 16.5. The number of rotatable bonds is 7. The minimum absolute atomic E-state index is 0.0913. The molecule has 0 aromatic carbocycles. The zero-order valence-corrected chi connectivity index (χ0v) is 11.7. The van der Waals surface area contributed by atoms with Gasteiger partial charge in [-0.1, -0.05) is 19.4 Å². The van der Waals surface area contributed by atoms with E-state index in [2.05, 4.69) is 14.2 Å². The second-order valence-corrected chi connectivity index (χ2v) is 3.81. The topological polar surface area (TPSA) is 78.9 Å². The molecule has 6 heteroatoms. The number of carbonyl (C=O) groups is 3. The molecule has 0 N–H and O–H groups in total. The van der Waals surface area contributed by atoms with E-state index in [1.54, 1.807) is 6.08 Å². The third-order valence-electron chi connectivity index (χ3n) is 2.52. The number of hydrogen-bond donors (Lipinski definition) is 0. The molecule has 0 unspecified atom stereocenters. The molecule has 19 heavy (non-hydrogen) atoms. The van der Waals surface area contributed by atoms with Gasteiger partial charge in [0.2, 0.25) is 0 Å². The Bertz CT molecular complexity index is 342. The first-order chi connectivity index (χ1) is 9.01. The van der Waals surface area contributed by atoms with E-state index in [-0.39, 0.29) is 12.0 Å². The van der Waals surface area contributed by atoms with Gasteiger partial charge >= 0.3 is 17.9 Å². The highest BCUT2D eigenvalue weighted by Crippen LogP contribution is 2.17. The van der Waals surface area contributed by atoms with Gasteiger partial charge < -0.3 is 14.2 Å². The van der Waals surface area contributed by atoms with Crippen molar-refractivity contribution in [3.05, 3.63) is 11.6 Å². The summed E-state index contributed by atoms with van der Waals surface area (Å²) in [4.78, 5) is 34.6. The van der Waals surface area contributed by atoms with Crippen LogP contribution in [0.1, 0.15) is 26.2 Å². The van der Waals surface area contributed by atoms with Crippen molar-refractivity contribution in [1.82, 2.24) is 0 Å². The minimum Gasteiger partial charge on any atom is -0.468 e. The van der Waals surface area contributed by atoms with Crippen LogP contribution < -0.4 is 0 Å². The van der Waals surface area contributed by atoms with Gasteiger partial charge in [0.25, 0.3) is 0 Å². The van der Waals surface area contributed by atoms with Crippen molar-refractivity contribution in [2.45, 2.75) is 26.2 Å². The highest BCUT2D eigenvalue weighted by Gasteiger charge is 2.31. The Hall–Kier alpha value is -1.85. The Kier molecular flexibility index (Phi) is 8.24. The molecule has 108 valence electrons. The minimum atomic E-state index is -1.16. The molecule has 0 aliphatic heterocycles. The van der Waals surface area contributed by atoms with Crippen molar-refractivity contribution in [2.75, 3.05) is 21.3 Å². The molecule has 0 fully saturated rings. The Labute approximate surface area is 112 Å². The van der Waals surface area contributed by atoms with E-state index >= 15 is 0 Å². The molecule has 0 saturated carbocycles. The van der Waals surface area contributed by atoms with Crippen LogP contribution in [0.2, 0.25) is 0 Å². The predicted octanol–water partition coefficient (Wildman–Crippen LogP) is 1.24. The Morgan fingerprint density at radius 1 is 1.00 bits per heavy atom. The smallest absolute Gasteiger partial charge is 0.333 e. The molecular formula is C13H20O6. The van der Waals surface area contributed by atoms with E-state index in [1.807, 2.05) is 6.92 Å². The quantitative estimate of drug-likeness (QED) is 0.300. The third kappa shape index (κ3) is 5.54. The first-order valence-electron chi connectivity index (χ1n) is 5.94. The lowest BCUT2D eigenvalue weighted by molar-refractivity contribution is -0.158. The molecule has 0 spiro atoms. The van der Waals surface area contributed by atoms with Crippen LogP contribution in [-0.4, -0.2) is 39.2 Å². The third-order valence-corrected chi connectivity index (χ3v) is 2.52. The lowest BCUT2D eigenvalue weighted by Gasteiger charge is -2.13. The number of ether oxygens (including phenoxy) is 3. The molecular weight excluding hydrogens is 252 g/mol. The van der Waals surface area contributed by atoms with Crippen LogP contribution in [0.15, 0.2) is 11.6 Å². The summed E-state index contributed by atoms with van der Waals surface area (Å²) in [6, 6.07) is 0. The second-order valence-electron chi connectivity index (χ2n) is 3.81. The SMILES string of the molecule is CCC/C=C(/CC(C(=O)OC)C(=O)OC)C(=O)OC. The van der Waals surface area contributed by atoms with Crippen molar-refractivity contribution < 1.29 is 28.6 Å². The number of hydrogen-bond acceptors (Lipinski definition) is 6. The van der Waals surface area contributed by atoms with E-state index in [9.17, 15) is 14.4 Å². The average molecular weight is 272 g/mol. The van der Waals surface area contributed by atoms with E-state index in [0.717, 1.165) is 6.42 Å². The number of unbranched alkanes of at least 4 members (excludes halogenated alkanes) is 1. The fourth-order valence-corrected chi connectivity index (χ4v) is 1.47. The van der Waals surface area contributed by atoms with Crippen molar-refractivity contribution in [3.8, 4) is 0 Å². The summed E-state index contributed by atoms with van der Waals surface area (Å²) < 4.78 is 13.7. The van der Waals surface area contributed by atoms with Gasteiger partial charge in [-0.3, -0.25) is 9.59 Å². The zero-order valence-electron chi connectivity index (χ0n) is 11.7. The maximum Gasteiger partial charge on any atom is 0.333 e. The normalized spacial score (nSPS) is 11.1. The van der Waals surface area contributed by atoms with Crippen LogP contribution in [0.3, 0.4) is 0 Å². The number of carbonyl (C=O) groups excluding carboxylic acids is 3. The van der Waals surface area contributed by atoms with Gasteiger partial charge in [-0.05, 0) is 6.42 Å². The van der Waals surface area contributed by atoms with E-state index < -0.39 is 23.8 Å². The maximum atomic E-state index is 11.6. The fraction of sp³-hybridized carbons (Fsp3) is 0.615. The fourth-order valence-electron chi connectivity index (χ4n) is 1.47. The van der Waals surface area contributed by atoms with Gasteiger partial charge in [-0.25, -0.2) is 4.79 Å². The first-order valence-corrected chi connectivity index (χ1v) is 5.94. The summed E-state index contributed by atoms with van der Waals surface area (Å²) in [6.07, 6.45) is 3.05.